The van der Waals surface area contributed by atoms with Gasteiger partial charge in [0, 0.05) is 6.04 Å². The predicted octanol–water partition coefficient (Wildman–Crippen LogP) is 3.93. The molecule has 1 aliphatic rings. The average molecular weight is 325 g/mol. The number of carbonyl (C=O) groups excluding carboxylic acids is 1. The Morgan fingerprint density at radius 2 is 2.18 bits per heavy atom. The van der Waals surface area contributed by atoms with E-state index in [1.807, 2.05) is 45.1 Å². The molecule has 1 N–H and O–H groups in total. The highest BCUT2D eigenvalue weighted by atomic mass is 32.2. The first kappa shape index (κ1) is 17.2. The van der Waals surface area contributed by atoms with E-state index in [1.165, 1.54) is 11.5 Å². The largest absolute Gasteiger partial charge is 0.444 e. The summed E-state index contributed by atoms with van der Waals surface area (Å²) in [7, 11) is 0. The van der Waals surface area contributed by atoms with Crippen molar-refractivity contribution in [3.63, 3.8) is 0 Å². The molecule has 1 aromatic rings. The van der Waals surface area contributed by atoms with Crippen LogP contribution in [0.1, 0.15) is 64.7 Å². The van der Waals surface area contributed by atoms with Crippen LogP contribution in [0, 0.1) is 0 Å². The number of ether oxygens (including phenoxy) is 1. The van der Waals surface area contributed by atoms with Crippen molar-refractivity contribution in [2.45, 2.75) is 64.6 Å². The van der Waals surface area contributed by atoms with Crippen molar-refractivity contribution in [2.75, 3.05) is 11.5 Å². The molecule has 1 atom stereocenters. The van der Waals surface area contributed by atoms with Crippen molar-refractivity contribution < 1.29 is 9.53 Å². The molecule has 1 aliphatic heterocycles. The molecule has 0 bridgehead atoms. The van der Waals surface area contributed by atoms with Gasteiger partial charge in [-0.2, -0.15) is 11.8 Å². The van der Waals surface area contributed by atoms with Crippen molar-refractivity contribution in [2.24, 2.45) is 0 Å². The first-order chi connectivity index (χ1) is 10.4. The summed E-state index contributed by atoms with van der Waals surface area (Å²) in [5, 5.41) is 2.98. The topological polar surface area (TPSA) is 56.1 Å². The normalized spacial score (nSPS) is 18.0. The van der Waals surface area contributed by atoms with Crippen LogP contribution in [-0.2, 0) is 4.74 Å². The number of hydrogen-bond donors (Lipinski definition) is 1. The van der Waals surface area contributed by atoms with Crippen molar-refractivity contribution in [1.82, 2.24) is 14.9 Å². The summed E-state index contributed by atoms with van der Waals surface area (Å²) >= 11 is 2.01. The van der Waals surface area contributed by atoms with Gasteiger partial charge in [-0.3, -0.25) is 0 Å². The highest BCUT2D eigenvalue weighted by Crippen LogP contribution is 2.30. The van der Waals surface area contributed by atoms with Crippen molar-refractivity contribution >= 4 is 17.9 Å². The molecule has 0 unspecified atom stereocenters. The van der Waals surface area contributed by atoms with E-state index >= 15 is 0 Å². The molecule has 0 aliphatic carbocycles. The molecule has 6 heteroatoms. The third kappa shape index (κ3) is 4.66. The van der Waals surface area contributed by atoms with E-state index in [2.05, 4.69) is 21.8 Å². The minimum absolute atomic E-state index is 0.0630. The smallest absolute Gasteiger partial charge is 0.408 e. The lowest BCUT2D eigenvalue weighted by atomic mass is 10.1. The van der Waals surface area contributed by atoms with Gasteiger partial charge in [-0.25, -0.2) is 9.78 Å². The minimum atomic E-state index is -0.483. The van der Waals surface area contributed by atoms with Gasteiger partial charge in [0.15, 0.2) is 0 Å². The Hall–Kier alpha value is -1.17. The maximum atomic E-state index is 12.0. The monoisotopic (exact) mass is 325 g/mol. The molecule has 22 heavy (non-hydrogen) atoms. The molecule has 1 fully saturated rings. The third-order valence-corrected chi connectivity index (χ3v) is 4.79. The lowest BCUT2D eigenvalue weighted by Gasteiger charge is -2.28. The molecule has 1 aromatic heterocycles. The van der Waals surface area contributed by atoms with Gasteiger partial charge < -0.3 is 14.6 Å². The molecule has 2 heterocycles. The van der Waals surface area contributed by atoms with Crippen LogP contribution in [0.2, 0.25) is 0 Å². The fraction of sp³-hybridized carbons (Fsp3) is 0.750. The standard InChI is InChI=1S/C16H27N3O2S/c1-5-13(18-15(20)21-16(2,3)4)14-10-17-11-19(14)12-6-8-22-9-7-12/h10-13H,5-9H2,1-4H3,(H,18,20)/t13-/m1/s1. The van der Waals surface area contributed by atoms with Gasteiger partial charge in [0.05, 0.1) is 24.3 Å². The first-order valence-corrected chi connectivity index (χ1v) is 9.15. The van der Waals surface area contributed by atoms with Gasteiger partial charge in [0.25, 0.3) is 0 Å². The first-order valence-electron chi connectivity index (χ1n) is 7.99. The van der Waals surface area contributed by atoms with E-state index in [9.17, 15) is 4.79 Å². The highest BCUT2D eigenvalue weighted by Gasteiger charge is 2.24. The number of carbonyl (C=O) groups is 1. The summed E-state index contributed by atoms with van der Waals surface area (Å²) < 4.78 is 7.61. The van der Waals surface area contributed by atoms with Crippen LogP contribution in [0.4, 0.5) is 4.79 Å². The Bertz CT molecular complexity index is 490. The molecule has 1 saturated heterocycles. The van der Waals surface area contributed by atoms with E-state index in [1.54, 1.807) is 0 Å². The molecule has 5 nitrogen and oxygen atoms in total. The summed E-state index contributed by atoms with van der Waals surface area (Å²) in [4.78, 5) is 16.4. The lowest BCUT2D eigenvalue weighted by Crippen LogP contribution is -2.35. The van der Waals surface area contributed by atoms with Crippen LogP contribution < -0.4 is 5.32 Å². The summed E-state index contributed by atoms with van der Waals surface area (Å²) in [6.45, 7) is 7.68. The highest BCUT2D eigenvalue weighted by molar-refractivity contribution is 7.99. The summed E-state index contributed by atoms with van der Waals surface area (Å²) in [6.07, 6.45) is 6.54. The van der Waals surface area contributed by atoms with Crippen LogP contribution in [0.5, 0.6) is 0 Å². The van der Waals surface area contributed by atoms with E-state index < -0.39 is 5.60 Å². The molecule has 0 saturated carbocycles. The van der Waals surface area contributed by atoms with E-state index in [0.717, 1.165) is 25.0 Å². The van der Waals surface area contributed by atoms with Gasteiger partial charge >= 0.3 is 6.09 Å². The number of alkyl carbamates (subject to hydrolysis) is 1. The quantitative estimate of drug-likeness (QED) is 0.911. The number of hydrogen-bond acceptors (Lipinski definition) is 4. The Morgan fingerprint density at radius 1 is 1.50 bits per heavy atom. The Labute approximate surface area is 137 Å². The molecular weight excluding hydrogens is 298 g/mol. The maximum absolute atomic E-state index is 12.0. The average Bonchev–Trinajstić information content (AvgIpc) is 2.93. The second kappa shape index (κ2) is 7.40. The Kier molecular flexibility index (Phi) is 5.78. The Morgan fingerprint density at radius 3 is 2.77 bits per heavy atom. The van der Waals surface area contributed by atoms with Crippen molar-refractivity contribution in [1.29, 1.82) is 0 Å². The number of rotatable bonds is 4. The van der Waals surface area contributed by atoms with Gasteiger partial charge in [-0.1, -0.05) is 6.92 Å². The fourth-order valence-corrected chi connectivity index (χ4v) is 3.77. The second-order valence-corrected chi connectivity index (χ2v) is 7.90. The van der Waals surface area contributed by atoms with Crippen LogP contribution in [0.3, 0.4) is 0 Å². The summed E-state index contributed by atoms with van der Waals surface area (Å²) in [6, 6.07) is 0.431. The summed E-state index contributed by atoms with van der Waals surface area (Å²) in [5.74, 6) is 2.39. The zero-order valence-corrected chi connectivity index (χ0v) is 14.8. The number of nitrogens with one attached hydrogen (secondary N) is 1. The number of nitrogens with zero attached hydrogens (tertiary/aromatic N) is 2. The van der Waals surface area contributed by atoms with Crippen LogP contribution in [-0.4, -0.2) is 32.8 Å². The van der Waals surface area contributed by atoms with Crippen molar-refractivity contribution in [3.05, 3.63) is 18.2 Å². The molecular formula is C16H27N3O2S. The zero-order chi connectivity index (χ0) is 16.2. The number of imidazole rings is 1. The van der Waals surface area contributed by atoms with E-state index in [-0.39, 0.29) is 12.1 Å². The molecule has 0 aromatic carbocycles. The third-order valence-electron chi connectivity index (χ3n) is 3.74. The molecule has 2 rings (SSSR count). The van der Waals surface area contributed by atoms with Gasteiger partial charge in [0.2, 0.25) is 0 Å². The van der Waals surface area contributed by atoms with Crippen molar-refractivity contribution in [3.8, 4) is 0 Å². The Balaban J connectivity index is 2.08. The van der Waals surface area contributed by atoms with Crippen LogP contribution in [0.15, 0.2) is 12.5 Å². The van der Waals surface area contributed by atoms with E-state index in [4.69, 9.17) is 4.74 Å². The molecule has 0 spiro atoms. The SMILES string of the molecule is CC[C@@H](NC(=O)OC(C)(C)C)c1cncn1C1CCSCC1. The molecule has 1 amide bonds. The zero-order valence-electron chi connectivity index (χ0n) is 14.0. The van der Waals surface area contributed by atoms with Gasteiger partial charge in [-0.15, -0.1) is 0 Å². The summed E-state index contributed by atoms with van der Waals surface area (Å²) in [5.41, 5.74) is 0.591. The van der Waals surface area contributed by atoms with Gasteiger partial charge in [0.1, 0.15) is 5.60 Å². The number of amides is 1. The lowest BCUT2D eigenvalue weighted by molar-refractivity contribution is 0.0499. The molecule has 0 radical (unpaired) electrons. The second-order valence-electron chi connectivity index (χ2n) is 6.68. The number of aromatic nitrogens is 2. The van der Waals surface area contributed by atoms with Crippen LogP contribution >= 0.6 is 11.8 Å². The maximum Gasteiger partial charge on any atom is 0.408 e. The van der Waals surface area contributed by atoms with Crippen LogP contribution in [0.25, 0.3) is 0 Å². The molecule has 124 valence electrons. The minimum Gasteiger partial charge on any atom is -0.444 e. The fourth-order valence-electron chi connectivity index (χ4n) is 2.69. The van der Waals surface area contributed by atoms with E-state index in [0.29, 0.717) is 6.04 Å². The number of thioether (sulfide) groups is 1. The predicted molar refractivity (Wildman–Crippen MR) is 90.2 cm³/mol. The van der Waals surface area contributed by atoms with Gasteiger partial charge in [-0.05, 0) is 51.5 Å².